The number of aliphatic carboxylic acids is 1. The van der Waals surface area contributed by atoms with Crippen molar-refractivity contribution in [2.45, 2.75) is 38.0 Å². The largest absolute Gasteiger partial charge is 0.480 e. The smallest absolute Gasteiger partial charge is 0.323 e. The first-order valence-electron chi connectivity index (χ1n) is 6.50. The zero-order valence-corrected chi connectivity index (χ0v) is 12.6. The lowest BCUT2D eigenvalue weighted by molar-refractivity contribution is -0.136. The van der Waals surface area contributed by atoms with Gasteiger partial charge in [-0.3, -0.25) is 4.79 Å². The number of hydrogen-bond acceptors (Lipinski definition) is 4. The molecule has 3 atom stereocenters. The molecule has 0 bridgehead atoms. The molecule has 1 aromatic rings. The lowest BCUT2D eigenvalue weighted by Gasteiger charge is -2.18. The van der Waals surface area contributed by atoms with Crippen molar-refractivity contribution in [3.8, 4) is 0 Å². The van der Waals surface area contributed by atoms with Crippen LogP contribution in [-0.2, 0) is 21.4 Å². The van der Waals surface area contributed by atoms with Gasteiger partial charge in [0.25, 0.3) is 0 Å². The predicted octanol–water partition coefficient (Wildman–Crippen LogP) is 1.64. The van der Waals surface area contributed by atoms with Gasteiger partial charge in [0.15, 0.2) is 5.25 Å². The molecule has 0 radical (unpaired) electrons. The van der Waals surface area contributed by atoms with Crippen molar-refractivity contribution in [1.82, 2.24) is 4.31 Å². The molecular weight excluding hydrogens is 282 g/mol. The molecular formula is C13H19NO5S. The number of carboxylic acids is 1. The molecule has 0 amide bonds. The van der Waals surface area contributed by atoms with E-state index in [1.165, 1.54) is 7.05 Å². The summed E-state index contributed by atoms with van der Waals surface area (Å²) in [7, 11) is -2.51. The van der Waals surface area contributed by atoms with Crippen molar-refractivity contribution in [3.63, 3.8) is 0 Å². The Kier molecular flexibility index (Phi) is 3.93. The molecule has 20 heavy (non-hydrogen) atoms. The summed E-state index contributed by atoms with van der Waals surface area (Å²) < 4.78 is 30.6. The molecule has 1 N–H and O–H groups in total. The zero-order chi connectivity index (χ0) is 15.1. The molecule has 7 heteroatoms. The summed E-state index contributed by atoms with van der Waals surface area (Å²) >= 11 is 0. The fourth-order valence-electron chi connectivity index (χ4n) is 2.10. The van der Waals surface area contributed by atoms with E-state index in [-0.39, 0.29) is 6.54 Å². The molecule has 1 saturated carbocycles. The van der Waals surface area contributed by atoms with Crippen molar-refractivity contribution in [3.05, 3.63) is 23.7 Å². The molecule has 1 aromatic heterocycles. The van der Waals surface area contributed by atoms with E-state index in [4.69, 9.17) is 9.52 Å². The number of sulfonamides is 1. The van der Waals surface area contributed by atoms with Crippen LogP contribution >= 0.6 is 0 Å². The second-order valence-electron chi connectivity index (χ2n) is 5.41. The Morgan fingerprint density at radius 2 is 2.15 bits per heavy atom. The van der Waals surface area contributed by atoms with Crippen LogP contribution in [-0.4, -0.2) is 36.1 Å². The highest BCUT2D eigenvalue weighted by molar-refractivity contribution is 7.90. The SMILES string of the molecule is CC1CC1c1ccc(CN(C)S(=O)(=O)C(C)C(=O)O)o1. The van der Waals surface area contributed by atoms with E-state index in [0.717, 1.165) is 23.4 Å². The normalized spacial score (nSPS) is 23.8. The van der Waals surface area contributed by atoms with Crippen LogP contribution in [0.1, 0.15) is 37.7 Å². The summed E-state index contributed by atoms with van der Waals surface area (Å²) in [6.45, 7) is 3.34. The monoisotopic (exact) mass is 301 g/mol. The second kappa shape index (κ2) is 5.21. The summed E-state index contributed by atoms with van der Waals surface area (Å²) in [4.78, 5) is 10.8. The number of carbonyl (C=O) groups is 1. The quantitative estimate of drug-likeness (QED) is 0.863. The van der Waals surface area contributed by atoms with E-state index < -0.39 is 21.2 Å². The van der Waals surface area contributed by atoms with Crippen molar-refractivity contribution in [2.24, 2.45) is 5.92 Å². The van der Waals surface area contributed by atoms with Crippen molar-refractivity contribution in [1.29, 1.82) is 0 Å². The van der Waals surface area contributed by atoms with Crippen LogP contribution < -0.4 is 0 Å². The second-order valence-corrected chi connectivity index (χ2v) is 7.77. The van der Waals surface area contributed by atoms with Crippen LogP contribution in [0, 0.1) is 5.92 Å². The van der Waals surface area contributed by atoms with Gasteiger partial charge < -0.3 is 9.52 Å². The van der Waals surface area contributed by atoms with Crippen molar-refractivity contribution in [2.75, 3.05) is 7.05 Å². The summed E-state index contributed by atoms with van der Waals surface area (Å²) in [6.07, 6.45) is 1.09. The zero-order valence-electron chi connectivity index (χ0n) is 11.7. The lowest BCUT2D eigenvalue weighted by Crippen LogP contribution is -2.38. The maximum absolute atomic E-state index is 12.0. The minimum absolute atomic E-state index is 0.0427. The molecule has 0 spiro atoms. The van der Waals surface area contributed by atoms with Gasteiger partial charge in [-0.2, -0.15) is 4.31 Å². The third-order valence-corrected chi connectivity index (χ3v) is 5.86. The third kappa shape index (κ3) is 2.88. The van der Waals surface area contributed by atoms with E-state index in [2.05, 4.69) is 6.92 Å². The van der Waals surface area contributed by atoms with Crippen LogP contribution in [0.15, 0.2) is 16.5 Å². The van der Waals surface area contributed by atoms with Gasteiger partial charge >= 0.3 is 5.97 Å². The Hall–Kier alpha value is -1.34. The van der Waals surface area contributed by atoms with E-state index in [1.54, 1.807) is 6.07 Å². The van der Waals surface area contributed by atoms with Gasteiger partial charge in [-0.15, -0.1) is 0 Å². The van der Waals surface area contributed by atoms with Gasteiger partial charge in [0.1, 0.15) is 11.5 Å². The van der Waals surface area contributed by atoms with Crippen LogP contribution in [0.2, 0.25) is 0 Å². The molecule has 112 valence electrons. The first-order chi connectivity index (χ1) is 9.23. The summed E-state index contributed by atoms with van der Waals surface area (Å²) in [5, 5.41) is 7.35. The Labute approximate surface area is 118 Å². The van der Waals surface area contributed by atoms with Crippen LogP contribution in [0.25, 0.3) is 0 Å². The van der Waals surface area contributed by atoms with Crippen molar-refractivity contribution < 1.29 is 22.7 Å². The molecule has 6 nitrogen and oxygen atoms in total. The van der Waals surface area contributed by atoms with Crippen LogP contribution in [0.4, 0.5) is 0 Å². The highest BCUT2D eigenvalue weighted by Gasteiger charge is 2.37. The number of hydrogen-bond donors (Lipinski definition) is 1. The van der Waals surface area contributed by atoms with E-state index >= 15 is 0 Å². The molecule has 2 rings (SSSR count). The maximum Gasteiger partial charge on any atom is 0.323 e. The van der Waals surface area contributed by atoms with E-state index in [0.29, 0.717) is 17.6 Å². The molecule has 1 fully saturated rings. The molecule has 0 saturated heterocycles. The van der Waals surface area contributed by atoms with Gasteiger partial charge in [-0.05, 0) is 31.4 Å². The minimum Gasteiger partial charge on any atom is -0.480 e. The Morgan fingerprint density at radius 1 is 1.55 bits per heavy atom. The Balaban J connectivity index is 2.06. The highest BCUT2D eigenvalue weighted by Crippen LogP contribution is 2.47. The van der Waals surface area contributed by atoms with Crippen molar-refractivity contribution >= 4 is 16.0 Å². The molecule has 0 aromatic carbocycles. The summed E-state index contributed by atoms with van der Waals surface area (Å²) in [5.74, 6) is 1.10. The average molecular weight is 301 g/mol. The number of nitrogens with zero attached hydrogens (tertiary/aromatic N) is 1. The van der Waals surface area contributed by atoms with Gasteiger partial charge in [0.2, 0.25) is 10.0 Å². The third-order valence-electron chi connectivity index (χ3n) is 3.76. The van der Waals surface area contributed by atoms with Gasteiger partial charge in [0.05, 0.1) is 6.54 Å². The number of rotatable bonds is 6. The lowest BCUT2D eigenvalue weighted by atomic mass is 10.3. The molecule has 1 heterocycles. The van der Waals surface area contributed by atoms with Gasteiger partial charge in [-0.1, -0.05) is 6.92 Å². The first-order valence-corrected chi connectivity index (χ1v) is 8.00. The number of carboxylic acid groups (broad SMARTS) is 1. The summed E-state index contributed by atoms with van der Waals surface area (Å²) in [6, 6.07) is 3.61. The fraction of sp³-hybridized carbons (Fsp3) is 0.615. The minimum atomic E-state index is -3.87. The predicted molar refractivity (Wildman–Crippen MR) is 72.7 cm³/mol. The van der Waals surface area contributed by atoms with E-state index in [9.17, 15) is 13.2 Å². The summed E-state index contributed by atoms with van der Waals surface area (Å²) in [5.41, 5.74) is 0. The standard InChI is InChI=1S/C13H19NO5S/c1-8-6-11(8)12-5-4-10(19-12)7-14(3)20(17,18)9(2)13(15)16/h4-5,8-9,11H,6-7H2,1-3H3,(H,15,16). The highest BCUT2D eigenvalue weighted by atomic mass is 32.2. The number of furan rings is 1. The molecule has 0 aliphatic heterocycles. The fourth-order valence-corrected chi connectivity index (χ4v) is 3.21. The maximum atomic E-state index is 12.0. The molecule has 1 aliphatic carbocycles. The molecule has 3 unspecified atom stereocenters. The first kappa shape index (κ1) is 15.1. The molecule has 1 aliphatic rings. The Bertz CT molecular complexity index is 606. The van der Waals surface area contributed by atoms with Crippen LogP contribution in [0.3, 0.4) is 0 Å². The topological polar surface area (TPSA) is 87.8 Å². The average Bonchev–Trinajstić information content (AvgIpc) is 2.91. The van der Waals surface area contributed by atoms with Gasteiger partial charge in [0, 0.05) is 13.0 Å². The Morgan fingerprint density at radius 3 is 2.65 bits per heavy atom. The van der Waals surface area contributed by atoms with Gasteiger partial charge in [-0.25, -0.2) is 8.42 Å². The van der Waals surface area contributed by atoms with Crippen LogP contribution in [0.5, 0.6) is 0 Å². The van der Waals surface area contributed by atoms with E-state index in [1.807, 2.05) is 6.07 Å².